The van der Waals surface area contributed by atoms with E-state index in [-0.39, 0.29) is 6.04 Å². The highest BCUT2D eigenvalue weighted by Crippen LogP contribution is 2.26. The van der Waals surface area contributed by atoms with Gasteiger partial charge in [0.05, 0.1) is 24.6 Å². The Kier molecular flexibility index (Phi) is 5.05. The first-order chi connectivity index (χ1) is 11.1. The molecule has 0 radical (unpaired) electrons. The van der Waals surface area contributed by atoms with Crippen LogP contribution < -0.4 is 0 Å². The maximum Gasteiger partial charge on any atom is 0.252 e. The maximum absolute atomic E-state index is 12.8. The Morgan fingerprint density at radius 1 is 1.39 bits per heavy atom. The summed E-state index contributed by atoms with van der Waals surface area (Å²) in [5, 5.41) is 1.78. The molecule has 0 bridgehead atoms. The van der Waals surface area contributed by atoms with Gasteiger partial charge in [0.15, 0.2) is 0 Å². The summed E-state index contributed by atoms with van der Waals surface area (Å²) in [5.74, 6) is 0. The minimum atomic E-state index is -3.45. The highest BCUT2D eigenvalue weighted by Gasteiger charge is 2.34. The Bertz CT molecular complexity index is 747. The van der Waals surface area contributed by atoms with Crippen molar-refractivity contribution in [2.75, 3.05) is 19.8 Å². The molecule has 124 valence electrons. The van der Waals surface area contributed by atoms with Gasteiger partial charge >= 0.3 is 0 Å². The van der Waals surface area contributed by atoms with E-state index in [2.05, 4.69) is 9.97 Å². The smallest absolute Gasteiger partial charge is 0.252 e. The molecule has 0 spiro atoms. The number of morpholine rings is 1. The summed E-state index contributed by atoms with van der Waals surface area (Å²) in [5.41, 5.74) is 1.79. The lowest BCUT2D eigenvalue weighted by Gasteiger charge is -2.34. The number of aryl methyl sites for hydroxylation is 2. The Morgan fingerprint density at radius 2 is 2.22 bits per heavy atom. The van der Waals surface area contributed by atoms with Gasteiger partial charge in [0.25, 0.3) is 10.0 Å². The van der Waals surface area contributed by atoms with Gasteiger partial charge in [0.2, 0.25) is 0 Å². The molecule has 0 amide bonds. The zero-order valence-electron chi connectivity index (χ0n) is 12.9. The summed E-state index contributed by atoms with van der Waals surface area (Å²) in [6, 6.07) is 3.24. The minimum Gasteiger partial charge on any atom is -0.378 e. The van der Waals surface area contributed by atoms with Gasteiger partial charge in [-0.05, 0) is 31.2 Å². The SMILES string of the molecule is Cc1nccnc1CCC1COCCN1S(=O)(=O)c1cccs1. The van der Waals surface area contributed by atoms with Crippen LogP contribution in [0, 0.1) is 6.92 Å². The van der Waals surface area contributed by atoms with E-state index in [1.807, 2.05) is 6.92 Å². The van der Waals surface area contributed by atoms with Crippen LogP contribution in [0.3, 0.4) is 0 Å². The Morgan fingerprint density at radius 3 is 2.96 bits per heavy atom. The molecule has 8 heteroatoms. The monoisotopic (exact) mass is 353 g/mol. The van der Waals surface area contributed by atoms with Crippen molar-refractivity contribution in [3.05, 3.63) is 41.3 Å². The summed E-state index contributed by atoms with van der Waals surface area (Å²) >= 11 is 1.25. The molecule has 1 fully saturated rings. The summed E-state index contributed by atoms with van der Waals surface area (Å²) in [4.78, 5) is 8.56. The molecule has 2 aromatic rings. The average Bonchev–Trinajstić information content (AvgIpc) is 3.10. The number of nitrogens with zero attached hydrogens (tertiary/aromatic N) is 3. The first-order valence-electron chi connectivity index (χ1n) is 7.48. The van der Waals surface area contributed by atoms with Gasteiger partial charge < -0.3 is 4.74 Å². The van der Waals surface area contributed by atoms with Gasteiger partial charge in [-0.2, -0.15) is 4.31 Å². The highest BCUT2D eigenvalue weighted by molar-refractivity contribution is 7.91. The summed E-state index contributed by atoms with van der Waals surface area (Å²) in [6.07, 6.45) is 4.68. The van der Waals surface area contributed by atoms with Crippen LogP contribution in [0.5, 0.6) is 0 Å². The number of sulfonamides is 1. The molecule has 1 unspecified atom stereocenters. The molecule has 1 aliphatic heterocycles. The second kappa shape index (κ2) is 7.04. The molecule has 0 aliphatic carbocycles. The van der Waals surface area contributed by atoms with Crippen molar-refractivity contribution in [3.8, 4) is 0 Å². The van der Waals surface area contributed by atoms with Gasteiger partial charge in [-0.1, -0.05) is 6.07 Å². The van der Waals surface area contributed by atoms with Crippen molar-refractivity contribution in [1.82, 2.24) is 14.3 Å². The normalized spacial score (nSPS) is 19.8. The van der Waals surface area contributed by atoms with Crippen LogP contribution in [0.4, 0.5) is 0 Å². The molecule has 1 atom stereocenters. The fraction of sp³-hybridized carbons (Fsp3) is 0.467. The lowest BCUT2D eigenvalue weighted by Crippen LogP contribution is -2.48. The third kappa shape index (κ3) is 3.60. The number of ether oxygens (including phenoxy) is 1. The van der Waals surface area contributed by atoms with Gasteiger partial charge in [0.1, 0.15) is 4.21 Å². The lowest BCUT2D eigenvalue weighted by atomic mass is 10.1. The van der Waals surface area contributed by atoms with Crippen LogP contribution in [0.1, 0.15) is 17.8 Å². The number of hydrogen-bond donors (Lipinski definition) is 0. The molecule has 1 saturated heterocycles. The second-order valence-corrected chi connectivity index (χ2v) is 8.47. The van der Waals surface area contributed by atoms with Crippen LogP contribution >= 0.6 is 11.3 Å². The zero-order valence-corrected chi connectivity index (χ0v) is 14.5. The molecule has 2 aromatic heterocycles. The van der Waals surface area contributed by atoms with E-state index in [9.17, 15) is 8.42 Å². The number of aromatic nitrogens is 2. The third-order valence-electron chi connectivity index (χ3n) is 3.93. The molecule has 23 heavy (non-hydrogen) atoms. The summed E-state index contributed by atoms with van der Waals surface area (Å²) in [6.45, 7) is 3.17. The van der Waals surface area contributed by atoms with Gasteiger partial charge in [0, 0.05) is 25.0 Å². The Hall–Kier alpha value is -1.35. The fourth-order valence-corrected chi connectivity index (χ4v) is 5.44. The molecule has 3 rings (SSSR count). The third-order valence-corrected chi connectivity index (χ3v) is 7.25. The van der Waals surface area contributed by atoms with E-state index < -0.39 is 10.0 Å². The maximum atomic E-state index is 12.8. The van der Waals surface area contributed by atoms with E-state index in [0.29, 0.717) is 36.8 Å². The van der Waals surface area contributed by atoms with E-state index in [0.717, 1.165) is 11.4 Å². The highest BCUT2D eigenvalue weighted by atomic mass is 32.2. The zero-order chi connectivity index (χ0) is 16.3. The number of hydrogen-bond acceptors (Lipinski definition) is 6. The molecule has 1 aliphatic rings. The van der Waals surface area contributed by atoms with Crippen molar-refractivity contribution in [3.63, 3.8) is 0 Å². The van der Waals surface area contributed by atoms with Gasteiger partial charge in [-0.3, -0.25) is 9.97 Å². The molecule has 3 heterocycles. The molecular weight excluding hydrogens is 334 g/mol. The van der Waals surface area contributed by atoms with Crippen molar-refractivity contribution in [2.24, 2.45) is 0 Å². The molecule has 0 N–H and O–H groups in total. The predicted molar refractivity (Wildman–Crippen MR) is 87.9 cm³/mol. The standard InChI is InChI=1S/C15H19N3O3S2/c1-12-14(17-7-6-16-12)5-4-13-11-21-9-8-18(13)23(19,20)15-3-2-10-22-15/h2-3,6-7,10,13H,4-5,8-9,11H2,1H3. The van der Waals surface area contributed by atoms with E-state index in [1.54, 1.807) is 34.2 Å². The lowest BCUT2D eigenvalue weighted by molar-refractivity contribution is 0.0298. The molecule has 0 saturated carbocycles. The minimum absolute atomic E-state index is 0.169. The van der Waals surface area contributed by atoms with Gasteiger partial charge in [-0.15, -0.1) is 11.3 Å². The van der Waals surface area contributed by atoms with Crippen LogP contribution in [-0.4, -0.2) is 48.5 Å². The van der Waals surface area contributed by atoms with Crippen molar-refractivity contribution in [1.29, 1.82) is 0 Å². The Balaban J connectivity index is 1.76. The first-order valence-corrected chi connectivity index (χ1v) is 9.80. The van der Waals surface area contributed by atoms with Crippen molar-refractivity contribution >= 4 is 21.4 Å². The summed E-state index contributed by atoms with van der Waals surface area (Å²) < 4.78 is 33.1. The topological polar surface area (TPSA) is 72.4 Å². The van der Waals surface area contributed by atoms with E-state index in [4.69, 9.17) is 4.74 Å². The number of thiophene rings is 1. The van der Waals surface area contributed by atoms with Crippen LogP contribution in [0.2, 0.25) is 0 Å². The predicted octanol–water partition coefficient (Wildman–Crippen LogP) is 1.87. The molecule has 0 aromatic carbocycles. The van der Waals surface area contributed by atoms with Gasteiger partial charge in [-0.25, -0.2) is 8.42 Å². The van der Waals surface area contributed by atoms with Crippen LogP contribution in [0.25, 0.3) is 0 Å². The van der Waals surface area contributed by atoms with Crippen molar-refractivity contribution in [2.45, 2.75) is 30.0 Å². The van der Waals surface area contributed by atoms with Crippen LogP contribution in [-0.2, 0) is 21.2 Å². The molecule has 6 nitrogen and oxygen atoms in total. The van der Waals surface area contributed by atoms with Crippen LogP contribution in [0.15, 0.2) is 34.1 Å². The summed E-state index contributed by atoms with van der Waals surface area (Å²) in [7, 11) is -3.45. The number of rotatable bonds is 5. The largest absolute Gasteiger partial charge is 0.378 e. The van der Waals surface area contributed by atoms with E-state index in [1.165, 1.54) is 11.3 Å². The quantitative estimate of drug-likeness (QED) is 0.820. The van der Waals surface area contributed by atoms with E-state index >= 15 is 0 Å². The first kappa shape index (κ1) is 16.5. The second-order valence-electron chi connectivity index (χ2n) is 5.40. The van der Waals surface area contributed by atoms with Crippen molar-refractivity contribution < 1.29 is 13.2 Å². The Labute approximate surface area is 140 Å². The average molecular weight is 353 g/mol. The molecular formula is C15H19N3O3S2. The fourth-order valence-electron chi connectivity index (χ4n) is 2.69.